The van der Waals surface area contributed by atoms with Gasteiger partial charge in [-0.3, -0.25) is 4.79 Å². The average Bonchev–Trinajstić information content (AvgIpc) is 2.98. The Balaban J connectivity index is 1.84. The van der Waals surface area contributed by atoms with Crippen LogP contribution in [0.1, 0.15) is 33.3 Å². The summed E-state index contributed by atoms with van der Waals surface area (Å²) >= 11 is 0. The molecule has 110 valence electrons. The Labute approximate surface area is 122 Å². The molecule has 0 saturated heterocycles. The summed E-state index contributed by atoms with van der Waals surface area (Å²) < 4.78 is 10.2. The zero-order chi connectivity index (χ0) is 15.2. The number of H-pyrrole nitrogens is 1. The number of nitrogens with one attached hydrogen (secondary N) is 1. The van der Waals surface area contributed by atoms with Gasteiger partial charge in [0.05, 0.1) is 13.7 Å². The second-order valence-electron chi connectivity index (χ2n) is 4.59. The van der Waals surface area contributed by atoms with E-state index in [9.17, 15) is 9.59 Å². The molecular weight excluding hydrogens is 270 g/mol. The molecule has 0 unspecified atom stereocenters. The predicted molar refractivity (Wildman–Crippen MR) is 77.8 cm³/mol. The van der Waals surface area contributed by atoms with E-state index in [2.05, 4.69) is 4.98 Å². The van der Waals surface area contributed by atoms with Gasteiger partial charge >= 0.3 is 5.97 Å². The highest BCUT2D eigenvalue weighted by molar-refractivity contribution is 5.97. The first-order valence-corrected chi connectivity index (χ1v) is 6.59. The second-order valence-corrected chi connectivity index (χ2v) is 4.59. The maximum absolute atomic E-state index is 11.8. The van der Waals surface area contributed by atoms with Gasteiger partial charge in [-0.05, 0) is 30.7 Å². The van der Waals surface area contributed by atoms with Crippen molar-refractivity contribution in [1.82, 2.24) is 4.98 Å². The number of benzene rings is 1. The molecule has 0 atom stereocenters. The maximum atomic E-state index is 11.8. The van der Waals surface area contributed by atoms with Crippen LogP contribution in [-0.2, 0) is 11.2 Å². The number of ketones is 1. The Kier molecular flexibility index (Phi) is 4.77. The largest absolute Gasteiger partial charge is 0.497 e. The van der Waals surface area contributed by atoms with E-state index in [-0.39, 0.29) is 18.1 Å². The van der Waals surface area contributed by atoms with Gasteiger partial charge in [-0.15, -0.1) is 0 Å². The number of hydrogen-bond acceptors (Lipinski definition) is 4. The van der Waals surface area contributed by atoms with E-state index in [1.54, 1.807) is 7.11 Å². The van der Waals surface area contributed by atoms with Crippen molar-refractivity contribution in [3.05, 3.63) is 53.3 Å². The van der Waals surface area contributed by atoms with Crippen LogP contribution >= 0.6 is 0 Å². The SMILES string of the molecule is COc1ccc(CCOC(=O)c2cc(C(C)=O)c[nH]2)cc1. The summed E-state index contributed by atoms with van der Waals surface area (Å²) in [4.78, 5) is 25.7. The fraction of sp³-hybridized carbons (Fsp3) is 0.250. The molecule has 0 aliphatic rings. The molecule has 21 heavy (non-hydrogen) atoms. The van der Waals surface area contributed by atoms with Gasteiger partial charge in [-0.2, -0.15) is 0 Å². The quantitative estimate of drug-likeness (QED) is 0.655. The molecule has 0 spiro atoms. The second kappa shape index (κ2) is 6.74. The number of aromatic nitrogens is 1. The lowest BCUT2D eigenvalue weighted by Gasteiger charge is -2.05. The molecule has 1 aromatic heterocycles. The first kappa shape index (κ1) is 14.8. The Hall–Kier alpha value is -2.56. The van der Waals surface area contributed by atoms with E-state index in [0.29, 0.717) is 12.0 Å². The summed E-state index contributed by atoms with van der Waals surface area (Å²) in [6.07, 6.45) is 2.12. The van der Waals surface area contributed by atoms with Gasteiger partial charge in [0.1, 0.15) is 11.4 Å². The first-order chi connectivity index (χ1) is 10.1. The Bertz CT molecular complexity index is 628. The van der Waals surface area contributed by atoms with Gasteiger partial charge in [-0.25, -0.2) is 4.79 Å². The van der Waals surface area contributed by atoms with Crippen molar-refractivity contribution in [2.45, 2.75) is 13.3 Å². The Morgan fingerprint density at radius 2 is 1.90 bits per heavy atom. The van der Waals surface area contributed by atoms with Gasteiger partial charge in [0.15, 0.2) is 5.78 Å². The summed E-state index contributed by atoms with van der Waals surface area (Å²) in [6.45, 7) is 1.72. The van der Waals surface area contributed by atoms with Crippen molar-refractivity contribution in [1.29, 1.82) is 0 Å². The number of ether oxygens (including phenoxy) is 2. The molecule has 5 nitrogen and oxygen atoms in total. The molecular formula is C16H17NO4. The van der Waals surface area contributed by atoms with Crippen LogP contribution in [0, 0.1) is 0 Å². The minimum absolute atomic E-state index is 0.0940. The van der Waals surface area contributed by atoms with Crippen LogP contribution in [0.25, 0.3) is 0 Å². The highest BCUT2D eigenvalue weighted by atomic mass is 16.5. The molecule has 1 N–H and O–H groups in total. The van der Waals surface area contributed by atoms with E-state index >= 15 is 0 Å². The van der Waals surface area contributed by atoms with Crippen molar-refractivity contribution in [2.24, 2.45) is 0 Å². The maximum Gasteiger partial charge on any atom is 0.354 e. The summed E-state index contributed by atoms with van der Waals surface area (Å²) in [5.74, 6) is 0.235. The van der Waals surface area contributed by atoms with Crippen LogP contribution in [0.3, 0.4) is 0 Å². The van der Waals surface area contributed by atoms with Crippen molar-refractivity contribution in [2.75, 3.05) is 13.7 Å². The molecule has 0 aliphatic heterocycles. The normalized spacial score (nSPS) is 10.2. The number of carbonyl (C=O) groups excluding carboxylic acids is 2. The highest BCUT2D eigenvalue weighted by Crippen LogP contribution is 2.12. The lowest BCUT2D eigenvalue weighted by atomic mass is 10.1. The number of Topliss-reactive ketones (excluding diaryl/α,β-unsaturated/α-hetero) is 1. The fourth-order valence-electron chi connectivity index (χ4n) is 1.85. The molecule has 0 saturated carbocycles. The molecule has 0 radical (unpaired) electrons. The molecule has 2 rings (SSSR count). The van der Waals surface area contributed by atoms with Crippen LogP contribution in [0.5, 0.6) is 5.75 Å². The van der Waals surface area contributed by atoms with Gasteiger partial charge in [0.25, 0.3) is 0 Å². The molecule has 1 aromatic carbocycles. The molecule has 1 heterocycles. The van der Waals surface area contributed by atoms with Crippen molar-refractivity contribution < 1.29 is 19.1 Å². The van der Waals surface area contributed by atoms with Crippen molar-refractivity contribution in [3.8, 4) is 5.75 Å². The Morgan fingerprint density at radius 1 is 1.19 bits per heavy atom. The number of hydrogen-bond donors (Lipinski definition) is 1. The van der Waals surface area contributed by atoms with E-state index in [4.69, 9.17) is 9.47 Å². The van der Waals surface area contributed by atoms with Gasteiger partial charge < -0.3 is 14.5 Å². The summed E-state index contributed by atoms with van der Waals surface area (Å²) in [5, 5.41) is 0. The number of carbonyl (C=O) groups is 2. The highest BCUT2D eigenvalue weighted by Gasteiger charge is 2.11. The third kappa shape index (κ3) is 3.95. The molecule has 2 aromatic rings. The van der Waals surface area contributed by atoms with E-state index in [0.717, 1.165) is 11.3 Å². The minimum atomic E-state index is -0.462. The van der Waals surface area contributed by atoms with Gasteiger partial charge in [-0.1, -0.05) is 12.1 Å². The number of esters is 1. The van der Waals surface area contributed by atoms with E-state index in [1.807, 2.05) is 24.3 Å². The molecule has 0 bridgehead atoms. The molecule has 5 heteroatoms. The van der Waals surface area contributed by atoms with Crippen LogP contribution in [0.4, 0.5) is 0 Å². The topological polar surface area (TPSA) is 68.4 Å². The average molecular weight is 287 g/mol. The molecule has 0 amide bonds. The van der Waals surface area contributed by atoms with Crippen LogP contribution < -0.4 is 4.74 Å². The first-order valence-electron chi connectivity index (χ1n) is 6.59. The fourth-order valence-corrected chi connectivity index (χ4v) is 1.85. The smallest absolute Gasteiger partial charge is 0.354 e. The van der Waals surface area contributed by atoms with E-state index in [1.165, 1.54) is 19.2 Å². The summed E-state index contributed by atoms with van der Waals surface area (Å²) in [6, 6.07) is 9.07. The number of methoxy groups -OCH3 is 1. The molecule has 0 aliphatic carbocycles. The zero-order valence-corrected chi connectivity index (χ0v) is 12.0. The van der Waals surface area contributed by atoms with Crippen molar-refractivity contribution >= 4 is 11.8 Å². The Morgan fingerprint density at radius 3 is 2.48 bits per heavy atom. The van der Waals surface area contributed by atoms with Crippen LogP contribution in [-0.4, -0.2) is 30.5 Å². The lowest BCUT2D eigenvalue weighted by molar-refractivity contribution is 0.0503. The van der Waals surface area contributed by atoms with Gasteiger partial charge in [0.2, 0.25) is 0 Å². The van der Waals surface area contributed by atoms with Crippen LogP contribution in [0.15, 0.2) is 36.5 Å². The van der Waals surface area contributed by atoms with Crippen molar-refractivity contribution in [3.63, 3.8) is 0 Å². The predicted octanol–water partition coefficient (Wildman–Crippen LogP) is 2.63. The molecule has 0 fully saturated rings. The van der Waals surface area contributed by atoms with Gasteiger partial charge in [0, 0.05) is 18.2 Å². The summed E-state index contributed by atoms with van der Waals surface area (Å²) in [5.41, 5.74) is 1.81. The minimum Gasteiger partial charge on any atom is -0.497 e. The third-order valence-corrected chi connectivity index (χ3v) is 3.09. The number of rotatable bonds is 6. The monoisotopic (exact) mass is 287 g/mol. The third-order valence-electron chi connectivity index (χ3n) is 3.09. The summed E-state index contributed by atoms with van der Waals surface area (Å²) in [7, 11) is 1.61. The van der Waals surface area contributed by atoms with Crippen LogP contribution in [0.2, 0.25) is 0 Å². The van der Waals surface area contributed by atoms with E-state index < -0.39 is 5.97 Å². The number of aromatic amines is 1. The lowest BCUT2D eigenvalue weighted by Crippen LogP contribution is -2.08. The zero-order valence-electron chi connectivity index (χ0n) is 12.0. The standard InChI is InChI=1S/C16H17NO4/c1-11(18)13-9-15(17-10-13)16(19)21-8-7-12-3-5-14(20-2)6-4-12/h3-6,9-10,17H,7-8H2,1-2H3.